The number of carbonyl (C=O) groups is 2. The van der Waals surface area contributed by atoms with E-state index in [4.69, 9.17) is 5.11 Å². The van der Waals surface area contributed by atoms with Crippen LogP contribution in [0.4, 0.5) is 5.82 Å². The smallest absolute Gasteiger partial charge is 0.394 e. The number of aliphatic carboxylic acids is 1. The number of hydrogen-bond acceptors (Lipinski definition) is 3. The zero-order valence-corrected chi connectivity index (χ0v) is 8.91. The van der Waals surface area contributed by atoms with Crippen molar-refractivity contribution in [3.63, 3.8) is 0 Å². The van der Waals surface area contributed by atoms with E-state index in [1.807, 2.05) is 0 Å². The van der Waals surface area contributed by atoms with Gasteiger partial charge in [0.1, 0.15) is 5.82 Å². The summed E-state index contributed by atoms with van der Waals surface area (Å²) in [5.41, 5.74) is 0. The van der Waals surface area contributed by atoms with Crippen LogP contribution in [0.5, 0.6) is 0 Å². The van der Waals surface area contributed by atoms with E-state index in [0.29, 0.717) is 0 Å². The number of carboxylic acid groups (broad SMARTS) is 1. The Morgan fingerprint density at radius 2 is 2.07 bits per heavy atom. The van der Waals surface area contributed by atoms with Gasteiger partial charge in [-0.2, -0.15) is 0 Å². The Labute approximate surface area is 100 Å². The van der Waals surface area contributed by atoms with Gasteiger partial charge in [0.2, 0.25) is 0 Å². The molecule has 0 aliphatic rings. The van der Waals surface area contributed by atoms with Crippen molar-refractivity contribution in [1.29, 1.82) is 0 Å². The van der Waals surface area contributed by atoms with Gasteiger partial charge in [0.25, 0.3) is 0 Å². The predicted octanol–water partition coefficient (Wildman–Crippen LogP) is 0.486. The van der Waals surface area contributed by atoms with Gasteiger partial charge in [-0.05, 0) is 28.1 Å². The molecule has 1 heterocycles. The number of carbonyl (C=O) groups excluding carboxylic acids is 1. The predicted molar refractivity (Wildman–Crippen MR) is 54.0 cm³/mol. The molecular formula is C7H5BrLiN2O3. The van der Waals surface area contributed by atoms with E-state index < -0.39 is 11.9 Å². The minimum absolute atomic E-state index is 0. The number of anilines is 1. The van der Waals surface area contributed by atoms with Gasteiger partial charge < -0.3 is 10.4 Å². The molecule has 0 saturated heterocycles. The Kier molecular flexibility index (Phi) is 5.46. The van der Waals surface area contributed by atoms with Gasteiger partial charge in [0, 0.05) is 29.5 Å². The summed E-state index contributed by atoms with van der Waals surface area (Å²) in [5.74, 6) is -2.44. The average Bonchev–Trinajstić information content (AvgIpc) is 2.08. The Morgan fingerprint density at radius 3 is 2.50 bits per heavy atom. The third-order valence-corrected chi connectivity index (χ3v) is 1.63. The molecule has 5 nitrogen and oxygen atoms in total. The number of amides is 1. The first-order valence-corrected chi connectivity index (χ1v) is 4.05. The number of hydrogen-bond donors (Lipinski definition) is 2. The molecule has 14 heavy (non-hydrogen) atoms. The summed E-state index contributed by atoms with van der Waals surface area (Å²) >= 11 is 3.15. The summed E-state index contributed by atoms with van der Waals surface area (Å²) in [4.78, 5) is 24.5. The molecule has 1 amide bonds. The van der Waals surface area contributed by atoms with Crippen LogP contribution in [0.15, 0.2) is 22.8 Å². The van der Waals surface area contributed by atoms with Crippen LogP contribution in [-0.4, -0.2) is 40.8 Å². The average molecular weight is 252 g/mol. The van der Waals surface area contributed by atoms with Gasteiger partial charge in [-0.1, -0.05) is 0 Å². The standard InChI is InChI=1S/C7H5BrN2O3.Li/c8-4-1-2-5(9-3-4)10-6(11)7(12)13;/h1-3H,(H,12,13)(H,9,10,11);. The van der Waals surface area contributed by atoms with E-state index in [1.54, 1.807) is 6.07 Å². The second-order valence-corrected chi connectivity index (χ2v) is 3.04. The zero-order chi connectivity index (χ0) is 9.84. The summed E-state index contributed by atoms with van der Waals surface area (Å²) in [6.45, 7) is 0. The quantitative estimate of drug-likeness (QED) is 0.563. The molecule has 69 valence electrons. The molecule has 0 saturated carbocycles. The Balaban J connectivity index is 0.00000169. The zero-order valence-electron chi connectivity index (χ0n) is 7.32. The molecule has 1 aromatic rings. The Bertz CT molecular complexity index is 341. The molecule has 0 fully saturated rings. The van der Waals surface area contributed by atoms with Gasteiger partial charge in [0.05, 0.1) is 0 Å². The fraction of sp³-hybridized carbons (Fsp3) is 0. The van der Waals surface area contributed by atoms with Gasteiger partial charge in [-0.25, -0.2) is 9.78 Å². The second kappa shape index (κ2) is 5.81. The third-order valence-electron chi connectivity index (χ3n) is 1.16. The molecule has 7 heteroatoms. The molecule has 0 aromatic carbocycles. The van der Waals surface area contributed by atoms with Crippen molar-refractivity contribution in [1.82, 2.24) is 4.98 Å². The van der Waals surface area contributed by atoms with Gasteiger partial charge in [-0.3, -0.25) is 4.79 Å². The molecule has 0 unspecified atom stereocenters. The van der Waals surface area contributed by atoms with Crippen LogP contribution in [0.3, 0.4) is 0 Å². The largest absolute Gasteiger partial charge is 0.474 e. The number of pyridine rings is 1. The minimum atomic E-state index is -1.54. The number of carboxylic acids is 1. The number of nitrogens with zero attached hydrogens (tertiary/aromatic N) is 1. The van der Waals surface area contributed by atoms with Crippen LogP contribution in [0.1, 0.15) is 0 Å². The molecule has 1 aromatic heterocycles. The molecule has 0 aliphatic heterocycles. The van der Waals surface area contributed by atoms with Crippen LogP contribution < -0.4 is 5.32 Å². The van der Waals surface area contributed by atoms with E-state index in [1.165, 1.54) is 12.3 Å². The maximum absolute atomic E-state index is 10.6. The van der Waals surface area contributed by atoms with Crippen molar-refractivity contribution in [2.45, 2.75) is 0 Å². The fourth-order valence-corrected chi connectivity index (χ4v) is 0.854. The SMILES string of the molecule is O=C(O)C(=O)Nc1ccc(Br)cn1.[Li]. The van der Waals surface area contributed by atoms with Crippen molar-refractivity contribution >= 4 is 52.5 Å². The van der Waals surface area contributed by atoms with Crippen molar-refractivity contribution in [3.8, 4) is 0 Å². The van der Waals surface area contributed by atoms with Crippen molar-refractivity contribution in [2.75, 3.05) is 5.32 Å². The van der Waals surface area contributed by atoms with Gasteiger partial charge in [-0.15, -0.1) is 0 Å². The normalized spacial score (nSPS) is 8.64. The van der Waals surface area contributed by atoms with Crippen LogP contribution in [0, 0.1) is 0 Å². The molecule has 1 radical (unpaired) electrons. The number of nitrogens with one attached hydrogen (secondary N) is 1. The van der Waals surface area contributed by atoms with Crippen molar-refractivity contribution in [2.24, 2.45) is 0 Å². The second-order valence-electron chi connectivity index (χ2n) is 2.12. The first-order chi connectivity index (χ1) is 6.09. The monoisotopic (exact) mass is 251 g/mol. The van der Waals surface area contributed by atoms with E-state index >= 15 is 0 Å². The van der Waals surface area contributed by atoms with E-state index in [-0.39, 0.29) is 24.7 Å². The molecule has 0 aliphatic carbocycles. The number of rotatable bonds is 1. The molecular weight excluding hydrogens is 247 g/mol. The van der Waals surface area contributed by atoms with E-state index in [2.05, 4.69) is 26.2 Å². The molecule has 1 rings (SSSR count). The maximum Gasteiger partial charge on any atom is 0.394 e. The fourth-order valence-electron chi connectivity index (χ4n) is 0.620. The maximum atomic E-state index is 10.6. The summed E-state index contributed by atoms with van der Waals surface area (Å²) < 4.78 is 0.751. The molecule has 2 N–H and O–H groups in total. The minimum Gasteiger partial charge on any atom is -0.474 e. The van der Waals surface area contributed by atoms with Gasteiger partial charge >= 0.3 is 11.9 Å². The summed E-state index contributed by atoms with van der Waals surface area (Å²) in [6.07, 6.45) is 1.46. The Morgan fingerprint density at radius 1 is 1.43 bits per heavy atom. The first-order valence-electron chi connectivity index (χ1n) is 3.25. The molecule has 0 atom stereocenters. The topological polar surface area (TPSA) is 79.3 Å². The molecule has 0 bridgehead atoms. The van der Waals surface area contributed by atoms with E-state index in [9.17, 15) is 9.59 Å². The summed E-state index contributed by atoms with van der Waals surface area (Å²) in [6, 6.07) is 3.13. The third kappa shape index (κ3) is 3.92. The van der Waals surface area contributed by atoms with Crippen molar-refractivity contribution < 1.29 is 14.7 Å². The van der Waals surface area contributed by atoms with Gasteiger partial charge in [0.15, 0.2) is 0 Å². The Hall–Kier alpha value is -0.833. The summed E-state index contributed by atoms with van der Waals surface area (Å²) in [5, 5.41) is 10.3. The van der Waals surface area contributed by atoms with Crippen LogP contribution in [0.2, 0.25) is 0 Å². The van der Waals surface area contributed by atoms with Crippen molar-refractivity contribution in [3.05, 3.63) is 22.8 Å². The first kappa shape index (κ1) is 13.2. The number of halogens is 1. The summed E-state index contributed by atoms with van der Waals surface area (Å²) in [7, 11) is 0. The molecule has 0 spiro atoms. The van der Waals surface area contributed by atoms with Crippen LogP contribution in [0.25, 0.3) is 0 Å². The van der Waals surface area contributed by atoms with Crippen LogP contribution >= 0.6 is 15.9 Å². The van der Waals surface area contributed by atoms with Crippen LogP contribution in [-0.2, 0) is 9.59 Å². The van der Waals surface area contributed by atoms with E-state index in [0.717, 1.165) is 4.47 Å². The number of aromatic nitrogens is 1.